The SMILES string of the molecule is Cc1nc(C(C)NCCSCCCO)c(C)s1. The second-order valence-electron chi connectivity index (χ2n) is 4.04. The van der Waals surface area contributed by atoms with Gasteiger partial charge in [0.25, 0.3) is 0 Å². The van der Waals surface area contributed by atoms with E-state index in [1.165, 1.54) is 10.6 Å². The molecule has 0 spiro atoms. The molecule has 0 bridgehead atoms. The smallest absolute Gasteiger partial charge is 0.0900 e. The molecule has 1 aromatic rings. The van der Waals surface area contributed by atoms with Gasteiger partial charge in [-0.25, -0.2) is 4.98 Å². The number of aryl methyl sites for hydroxylation is 2. The molecule has 0 aliphatic carbocycles. The summed E-state index contributed by atoms with van der Waals surface area (Å²) in [4.78, 5) is 5.87. The molecule has 0 aliphatic rings. The molecular weight excluding hydrogens is 252 g/mol. The van der Waals surface area contributed by atoms with Gasteiger partial charge in [-0.05, 0) is 32.9 Å². The maximum Gasteiger partial charge on any atom is 0.0900 e. The highest BCUT2D eigenvalue weighted by atomic mass is 32.2. The van der Waals surface area contributed by atoms with Gasteiger partial charge in [0.2, 0.25) is 0 Å². The normalized spacial score (nSPS) is 12.9. The molecule has 1 heterocycles. The Hall–Kier alpha value is -0.100. The first-order valence-electron chi connectivity index (χ1n) is 6.01. The Morgan fingerprint density at radius 2 is 2.18 bits per heavy atom. The van der Waals surface area contributed by atoms with Crippen molar-refractivity contribution in [1.82, 2.24) is 10.3 Å². The van der Waals surface area contributed by atoms with Gasteiger partial charge in [-0.3, -0.25) is 0 Å². The quantitative estimate of drug-likeness (QED) is 0.715. The molecule has 0 amide bonds. The van der Waals surface area contributed by atoms with Gasteiger partial charge in [-0.15, -0.1) is 11.3 Å². The third kappa shape index (κ3) is 5.38. The minimum atomic E-state index is 0.300. The van der Waals surface area contributed by atoms with Crippen molar-refractivity contribution < 1.29 is 5.11 Å². The summed E-state index contributed by atoms with van der Waals surface area (Å²) in [5.41, 5.74) is 1.19. The number of thiazole rings is 1. The molecule has 17 heavy (non-hydrogen) atoms. The Labute approximate surface area is 112 Å². The predicted octanol–water partition coefficient (Wildman–Crippen LogP) is 2.53. The third-order valence-corrected chi connectivity index (χ3v) is 4.47. The fourth-order valence-electron chi connectivity index (χ4n) is 1.66. The van der Waals surface area contributed by atoms with Gasteiger partial charge in [0.1, 0.15) is 0 Å². The molecule has 0 saturated heterocycles. The van der Waals surface area contributed by atoms with E-state index in [-0.39, 0.29) is 0 Å². The van der Waals surface area contributed by atoms with E-state index in [1.54, 1.807) is 11.3 Å². The van der Waals surface area contributed by atoms with Crippen molar-refractivity contribution in [2.75, 3.05) is 24.7 Å². The van der Waals surface area contributed by atoms with Gasteiger partial charge < -0.3 is 10.4 Å². The molecule has 1 atom stereocenters. The van der Waals surface area contributed by atoms with Crippen LogP contribution < -0.4 is 5.32 Å². The summed E-state index contributed by atoms with van der Waals surface area (Å²) >= 11 is 3.65. The maximum atomic E-state index is 8.66. The first kappa shape index (κ1) is 15.0. The number of hydrogen-bond acceptors (Lipinski definition) is 5. The number of aliphatic hydroxyl groups excluding tert-OH is 1. The number of aromatic nitrogens is 1. The van der Waals surface area contributed by atoms with Crippen molar-refractivity contribution in [3.8, 4) is 0 Å². The molecular formula is C12H22N2OS2. The minimum absolute atomic E-state index is 0.300. The van der Waals surface area contributed by atoms with Crippen LogP contribution in [0.4, 0.5) is 0 Å². The van der Waals surface area contributed by atoms with E-state index in [0.29, 0.717) is 12.6 Å². The number of rotatable bonds is 8. The minimum Gasteiger partial charge on any atom is -0.396 e. The van der Waals surface area contributed by atoms with Crippen LogP contribution >= 0.6 is 23.1 Å². The Bertz CT molecular complexity index is 328. The standard InChI is InChI=1S/C12H22N2OS2/c1-9(12-10(2)17-11(3)14-12)13-5-8-16-7-4-6-15/h9,13,15H,4-8H2,1-3H3. The van der Waals surface area contributed by atoms with Crippen LogP contribution in [0.5, 0.6) is 0 Å². The first-order valence-corrected chi connectivity index (χ1v) is 7.98. The molecule has 0 aliphatic heterocycles. The molecule has 2 N–H and O–H groups in total. The number of hydrogen-bond donors (Lipinski definition) is 2. The van der Waals surface area contributed by atoms with E-state index in [2.05, 4.69) is 31.1 Å². The van der Waals surface area contributed by atoms with E-state index in [9.17, 15) is 0 Å². The summed E-state index contributed by atoms with van der Waals surface area (Å²) in [6.45, 7) is 7.65. The number of aliphatic hydroxyl groups is 1. The summed E-state index contributed by atoms with van der Waals surface area (Å²) in [7, 11) is 0. The van der Waals surface area contributed by atoms with E-state index in [4.69, 9.17) is 5.11 Å². The van der Waals surface area contributed by atoms with E-state index in [0.717, 1.165) is 29.5 Å². The molecule has 5 heteroatoms. The lowest BCUT2D eigenvalue weighted by Crippen LogP contribution is -2.22. The van der Waals surface area contributed by atoms with Crippen LogP contribution in [-0.4, -0.2) is 34.7 Å². The van der Waals surface area contributed by atoms with E-state index >= 15 is 0 Å². The Morgan fingerprint density at radius 3 is 2.76 bits per heavy atom. The number of nitrogens with one attached hydrogen (secondary N) is 1. The van der Waals surface area contributed by atoms with Crippen molar-refractivity contribution >= 4 is 23.1 Å². The zero-order valence-electron chi connectivity index (χ0n) is 10.8. The van der Waals surface area contributed by atoms with Crippen molar-refractivity contribution in [3.05, 3.63) is 15.6 Å². The summed E-state index contributed by atoms with van der Waals surface area (Å²) in [6, 6.07) is 0.332. The van der Waals surface area contributed by atoms with Crippen LogP contribution in [0.25, 0.3) is 0 Å². The molecule has 0 saturated carbocycles. The number of thioether (sulfide) groups is 1. The van der Waals surface area contributed by atoms with Gasteiger partial charge in [0.15, 0.2) is 0 Å². The Balaban J connectivity index is 2.21. The lowest BCUT2D eigenvalue weighted by molar-refractivity contribution is 0.296. The average Bonchev–Trinajstić information content (AvgIpc) is 2.62. The van der Waals surface area contributed by atoms with Gasteiger partial charge in [0, 0.05) is 29.8 Å². The third-order valence-electron chi connectivity index (χ3n) is 2.49. The Morgan fingerprint density at radius 1 is 1.41 bits per heavy atom. The summed E-state index contributed by atoms with van der Waals surface area (Å²) in [5.74, 6) is 2.13. The summed E-state index contributed by atoms with van der Waals surface area (Å²) in [6.07, 6.45) is 0.893. The highest BCUT2D eigenvalue weighted by molar-refractivity contribution is 7.99. The monoisotopic (exact) mass is 274 g/mol. The van der Waals surface area contributed by atoms with Gasteiger partial charge in [-0.1, -0.05) is 0 Å². The van der Waals surface area contributed by atoms with Crippen LogP contribution in [0, 0.1) is 13.8 Å². The van der Waals surface area contributed by atoms with Crippen molar-refractivity contribution in [2.45, 2.75) is 33.2 Å². The topological polar surface area (TPSA) is 45.2 Å². The molecule has 0 aromatic carbocycles. The first-order chi connectivity index (χ1) is 8.15. The van der Waals surface area contributed by atoms with E-state index in [1.807, 2.05) is 11.8 Å². The number of nitrogens with zero attached hydrogens (tertiary/aromatic N) is 1. The summed E-state index contributed by atoms with van der Waals surface area (Å²) in [5, 5.41) is 13.3. The van der Waals surface area contributed by atoms with E-state index < -0.39 is 0 Å². The van der Waals surface area contributed by atoms with Crippen molar-refractivity contribution in [1.29, 1.82) is 0 Å². The average molecular weight is 274 g/mol. The van der Waals surface area contributed by atoms with Crippen LogP contribution in [0.15, 0.2) is 0 Å². The molecule has 3 nitrogen and oxygen atoms in total. The summed E-state index contributed by atoms with van der Waals surface area (Å²) < 4.78 is 0. The van der Waals surface area contributed by atoms with Crippen LogP contribution in [0.1, 0.15) is 35.0 Å². The molecule has 0 radical (unpaired) electrons. The van der Waals surface area contributed by atoms with Crippen molar-refractivity contribution in [3.63, 3.8) is 0 Å². The molecule has 0 fully saturated rings. The predicted molar refractivity (Wildman–Crippen MR) is 77.0 cm³/mol. The van der Waals surface area contributed by atoms with Gasteiger partial charge in [-0.2, -0.15) is 11.8 Å². The van der Waals surface area contributed by atoms with Crippen LogP contribution in [-0.2, 0) is 0 Å². The second-order valence-corrected chi connectivity index (χ2v) is 6.67. The van der Waals surface area contributed by atoms with Crippen LogP contribution in [0.3, 0.4) is 0 Å². The fraction of sp³-hybridized carbons (Fsp3) is 0.750. The Kier molecular flexibility index (Phi) is 7.11. The van der Waals surface area contributed by atoms with Crippen LogP contribution in [0.2, 0.25) is 0 Å². The zero-order valence-corrected chi connectivity index (χ0v) is 12.5. The molecule has 1 aromatic heterocycles. The fourth-order valence-corrected chi connectivity index (χ4v) is 3.37. The lowest BCUT2D eigenvalue weighted by Gasteiger charge is -2.12. The molecule has 98 valence electrons. The van der Waals surface area contributed by atoms with Gasteiger partial charge in [0.05, 0.1) is 10.7 Å². The maximum absolute atomic E-state index is 8.66. The zero-order chi connectivity index (χ0) is 12.7. The lowest BCUT2D eigenvalue weighted by atomic mass is 10.2. The van der Waals surface area contributed by atoms with Gasteiger partial charge >= 0.3 is 0 Å². The highest BCUT2D eigenvalue weighted by Gasteiger charge is 2.11. The second kappa shape index (κ2) is 8.08. The molecule has 1 rings (SSSR count). The largest absolute Gasteiger partial charge is 0.396 e. The molecule has 1 unspecified atom stereocenters. The van der Waals surface area contributed by atoms with Crippen molar-refractivity contribution in [2.24, 2.45) is 0 Å². The highest BCUT2D eigenvalue weighted by Crippen LogP contribution is 2.22.